The molecule has 7 heterocycles. The lowest BCUT2D eigenvalue weighted by atomic mass is 10.0. The van der Waals surface area contributed by atoms with E-state index in [0.717, 1.165) is 199 Å². The molecule has 0 N–H and O–H groups in total. The number of para-hydroxylation sites is 7. The van der Waals surface area contributed by atoms with Gasteiger partial charge in [-0.15, -0.1) is 0 Å². The van der Waals surface area contributed by atoms with Gasteiger partial charge in [0.1, 0.15) is 22.3 Å². The Balaban J connectivity index is 0.000000140. The molecule has 0 radical (unpaired) electrons. The number of furan rings is 3. The Morgan fingerprint density at radius 2 is 0.479 bits per heavy atom. The molecule has 11 heteroatoms. The molecule has 11 nitrogen and oxygen atoms in total. The number of nitrogens with zero attached hydrogens (tertiary/aromatic N) is 8. The number of rotatable bonds is 12. The molecule has 0 aliphatic carbocycles. The molecule has 0 fully saturated rings. The first-order valence-electron chi connectivity index (χ1n) is 39.9. The Hall–Kier alpha value is -16.2. The van der Waals surface area contributed by atoms with Crippen LogP contribution in [0.4, 0.5) is 0 Å². The van der Waals surface area contributed by atoms with Gasteiger partial charge >= 0.3 is 0 Å². The summed E-state index contributed by atoms with van der Waals surface area (Å²) in [7, 11) is 0. The Morgan fingerprint density at radius 3 is 1.00 bits per heavy atom. The Kier molecular flexibility index (Phi) is 16.3. The topological polar surface area (TPSA) is 127 Å². The largest absolute Gasteiger partial charge is 0.456 e. The fourth-order valence-electron chi connectivity index (χ4n) is 17.4. The van der Waals surface area contributed by atoms with Crippen molar-refractivity contribution in [2.24, 2.45) is 0 Å². The SMILES string of the molecule is c1ccc(-c2ccc(-c3nc(-c4cccc(-c5ccccc5)c4)nc(-c4ccccc4-n4c5ccccc5c5ccc6c7cccc(-c8ccccc8)c7oc6c54)n3)cc2)cc1.c1ccc(-c2nc(-c3ccc4c(c3)oc3ccccc34)nc(-c3ccccc3-n3c4ccccc4c4ccc5c6cccc(-c7ccccc7)c6oc5c43)n2)cc1. The molecule has 0 spiro atoms. The minimum absolute atomic E-state index is 0.561. The third-order valence-electron chi connectivity index (χ3n) is 23.0. The van der Waals surface area contributed by atoms with E-state index in [-0.39, 0.29) is 0 Å². The number of fused-ring (bicyclic) bond motifs is 17. The number of hydrogen-bond donors (Lipinski definition) is 0. The highest BCUT2D eigenvalue weighted by Gasteiger charge is 2.27. The van der Waals surface area contributed by atoms with Crippen molar-refractivity contribution >= 4 is 109 Å². The molecule has 24 aromatic rings. The van der Waals surface area contributed by atoms with Crippen LogP contribution >= 0.6 is 0 Å². The molecule has 0 aliphatic rings. The van der Waals surface area contributed by atoms with Crippen LogP contribution in [0.25, 0.3) is 234 Å². The van der Waals surface area contributed by atoms with E-state index in [4.69, 9.17) is 43.2 Å². The summed E-state index contributed by atoms with van der Waals surface area (Å²) in [6.07, 6.45) is 0. The van der Waals surface area contributed by atoms with Gasteiger partial charge in [-0.2, -0.15) is 0 Å². The second-order valence-corrected chi connectivity index (χ2v) is 29.9. The summed E-state index contributed by atoms with van der Waals surface area (Å²) in [6, 6.07) is 139. The van der Waals surface area contributed by atoms with E-state index in [1.807, 2.05) is 84.9 Å². The van der Waals surface area contributed by atoms with E-state index in [9.17, 15) is 0 Å². The molecule has 0 unspecified atom stereocenters. The molecule has 0 saturated carbocycles. The minimum atomic E-state index is 0.561. The molecule has 0 atom stereocenters. The van der Waals surface area contributed by atoms with E-state index in [2.05, 4.69) is 325 Å². The molecule has 119 heavy (non-hydrogen) atoms. The van der Waals surface area contributed by atoms with E-state index in [0.29, 0.717) is 34.9 Å². The third kappa shape index (κ3) is 11.7. The summed E-state index contributed by atoms with van der Waals surface area (Å²) in [4.78, 5) is 31.3. The monoisotopic (exact) mass is 1520 g/mol. The number of aromatic nitrogens is 8. The molecule has 7 aromatic heterocycles. The highest BCUT2D eigenvalue weighted by Crippen LogP contribution is 2.48. The first-order chi connectivity index (χ1) is 59.0. The van der Waals surface area contributed by atoms with Crippen LogP contribution in [0.2, 0.25) is 0 Å². The van der Waals surface area contributed by atoms with E-state index in [1.54, 1.807) is 0 Å². The fourth-order valence-corrected chi connectivity index (χ4v) is 17.4. The van der Waals surface area contributed by atoms with Crippen LogP contribution in [0.1, 0.15) is 0 Å². The number of hydrogen-bond acceptors (Lipinski definition) is 9. The zero-order valence-electron chi connectivity index (χ0n) is 63.9. The van der Waals surface area contributed by atoms with Crippen molar-refractivity contribution in [2.45, 2.75) is 0 Å². The summed E-state index contributed by atoms with van der Waals surface area (Å²) in [5, 5.41) is 10.9. The van der Waals surface area contributed by atoms with Crippen LogP contribution in [-0.4, -0.2) is 39.0 Å². The van der Waals surface area contributed by atoms with Crippen molar-refractivity contribution in [1.82, 2.24) is 39.0 Å². The van der Waals surface area contributed by atoms with Crippen LogP contribution in [0.15, 0.2) is 414 Å². The van der Waals surface area contributed by atoms with Crippen LogP contribution in [0.5, 0.6) is 0 Å². The highest BCUT2D eigenvalue weighted by atomic mass is 16.3. The van der Waals surface area contributed by atoms with Gasteiger partial charge in [-0.05, 0) is 106 Å². The Bertz CT molecular complexity index is 8090. The maximum atomic E-state index is 7.07. The Labute approximate surface area is 682 Å². The first kappa shape index (κ1) is 68.4. The molecular weight excluding hydrogens is 1460 g/mol. The van der Waals surface area contributed by atoms with E-state index < -0.39 is 0 Å². The second kappa shape index (κ2) is 28.4. The quantitative estimate of drug-likeness (QED) is 0.117. The van der Waals surface area contributed by atoms with Gasteiger partial charge in [0.05, 0.1) is 33.4 Å². The first-order valence-corrected chi connectivity index (χ1v) is 39.9. The summed E-state index contributed by atoms with van der Waals surface area (Å²) in [5.74, 6) is 3.48. The third-order valence-corrected chi connectivity index (χ3v) is 23.0. The van der Waals surface area contributed by atoms with Gasteiger partial charge in [0.25, 0.3) is 0 Å². The summed E-state index contributed by atoms with van der Waals surface area (Å²) in [5.41, 5.74) is 25.2. The molecule has 0 saturated heterocycles. The van der Waals surface area contributed by atoms with Crippen molar-refractivity contribution in [1.29, 1.82) is 0 Å². The lowest BCUT2D eigenvalue weighted by molar-refractivity contribution is 0.669. The van der Waals surface area contributed by atoms with Crippen LogP contribution in [0, 0.1) is 0 Å². The lowest BCUT2D eigenvalue weighted by Gasteiger charge is -2.15. The summed E-state index contributed by atoms with van der Waals surface area (Å²) < 4.78 is 25.1. The van der Waals surface area contributed by atoms with Gasteiger partial charge in [0.15, 0.2) is 46.1 Å². The lowest BCUT2D eigenvalue weighted by Crippen LogP contribution is -2.03. The van der Waals surface area contributed by atoms with E-state index >= 15 is 0 Å². The van der Waals surface area contributed by atoms with Gasteiger partial charge < -0.3 is 22.4 Å². The average Bonchev–Trinajstić information content (AvgIpc) is 1.56. The van der Waals surface area contributed by atoms with Crippen molar-refractivity contribution in [3.8, 4) is 124 Å². The molecule has 17 aromatic carbocycles. The van der Waals surface area contributed by atoms with Gasteiger partial charge in [0.2, 0.25) is 0 Å². The maximum absolute atomic E-state index is 7.07. The average molecular weight is 1520 g/mol. The van der Waals surface area contributed by atoms with Crippen molar-refractivity contribution in [3.63, 3.8) is 0 Å². The van der Waals surface area contributed by atoms with Crippen molar-refractivity contribution < 1.29 is 13.3 Å². The van der Waals surface area contributed by atoms with E-state index in [1.165, 1.54) is 0 Å². The molecular formula is C108H66N8O3. The van der Waals surface area contributed by atoms with Gasteiger partial charge in [0, 0.05) is 98.4 Å². The van der Waals surface area contributed by atoms with Crippen LogP contribution in [0.3, 0.4) is 0 Å². The van der Waals surface area contributed by atoms with Gasteiger partial charge in [-0.25, -0.2) is 29.9 Å². The fraction of sp³-hybridized carbons (Fsp3) is 0. The van der Waals surface area contributed by atoms with Crippen molar-refractivity contribution in [2.75, 3.05) is 0 Å². The summed E-state index contributed by atoms with van der Waals surface area (Å²) in [6.45, 7) is 0. The van der Waals surface area contributed by atoms with Gasteiger partial charge in [-0.3, -0.25) is 0 Å². The predicted octanol–water partition coefficient (Wildman–Crippen LogP) is 28.3. The maximum Gasteiger partial charge on any atom is 0.166 e. The standard InChI is InChI=1S/C57H36N4O.C51H30N4O2/c1-4-16-37(17-5-1)39-30-32-41(33-31-39)55-58-56(43-23-14-22-42(36-43)38-18-6-2-7-19-38)60-57(59-55)49-25-11-13-29-51(49)61-50-28-12-10-24-45(50)46-34-35-48-47-27-15-26-44(40-20-8-3-9-21-40)53(47)62-54(48)52(46)61;1-3-14-31(15-4-1)34-21-13-22-39-40-29-28-38-35-18-7-10-23-42(35)55(46(38)48(40)57-47(34)39)43-24-11-8-20-41(43)51-53-49(32-16-5-2-6-17-32)52-50(54-51)33-26-27-37-36-19-9-12-25-44(36)56-45(37)30-33/h1-36H;1-30H. The molecule has 0 bridgehead atoms. The van der Waals surface area contributed by atoms with Crippen LogP contribution in [-0.2, 0) is 0 Å². The molecule has 0 amide bonds. The van der Waals surface area contributed by atoms with Crippen LogP contribution < -0.4 is 0 Å². The molecule has 24 rings (SSSR count). The molecule has 556 valence electrons. The second-order valence-electron chi connectivity index (χ2n) is 29.9. The van der Waals surface area contributed by atoms with Crippen molar-refractivity contribution in [3.05, 3.63) is 400 Å². The Morgan fingerprint density at radius 1 is 0.168 bits per heavy atom. The zero-order chi connectivity index (χ0) is 78.4. The molecule has 0 aliphatic heterocycles. The smallest absolute Gasteiger partial charge is 0.166 e. The normalized spacial score (nSPS) is 11.7. The summed E-state index contributed by atoms with van der Waals surface area (Å²) >= 11 is 0. The highest BCUT2D eigenvalue weighted by molar-refractivity contribution is 6.24. The zero-order valence-corrected chi connectivity index (χ0v) is 63.9. The van der Waals surface area contributed by atoms with Gasteiger partial charge in [-0.1, -0.05) is 328 Å². The minimum Gasteiger partial charge on any atom is -0.456 e. The number of benzene rings is 17. The predicted molar refractivity (Wildman–Crippen MR) is 485 cm³/mol.